The Morgan fingerprint density at radius 1 is 0.739 bits per heavy atom. The molecule has 0 aromatic heterocycles. The highest BCUT2D eigenvalue weighted by Crippen LogP contribution is 2.28. The van der Waals surface area contributed by atoms with Crippen molar-refractivity contribution in [3.05, 3.63) is 0 Å². The molecule has 0 aromatic rings. The molecule has 23 heavy (non-hydrogen) atoms. The Morgan fingerprint density at radius 3 is 1.91 bits per heavy atom. The van der Waals surface area contributed by atoms with E-state index in [-0.39, 0.29) is 0 Å². The van der Waals surface area contributed by atoms with Crippen molar-refractivity contribution in [3.8, 4) is 0 Å². The summed E-state index contributed by atoms with van der Waals surface area (Å²) in [6.45, 7) is 0.369. The first-order valence-electron chi connectivity index (χ1n) is 7.40. The average molecular weight is 340 g/mol. The fourth-order valence-corrected chi connectivity index (χ4v) is 2.78. The van der Waals surface area contributed by atoms with E-state index in [9.17, 15) is 30.6 Å². The lowest BCUT2D eigenvalue weighted by Gasteiger charge is -2.45. The Hall–Kier alpha value is -0.400. The maximum absolute atomic E-state index is 10.1. The summed E-state index contributed by atoms with van der Waals surface area (Å²) >= 11 is 0. The summed E-state index contributed by atoms with van der Waals surface area (Å²) in [5.41, 5.74) is 0. The van der Waals surface area contributed by atoms with Crippen molar-refractivity contribution in [2.45, 2.75) is 68.1 Å². The molecule has 0 amide bonds. The van der Waals surface area contributed by atoms with Crippen molar-refractivity contribution in [2.24, 2.45) is 0 Å². The van der Waals surface area contributed by atoms with Gasteiger partial charge in [-0.1, -0.05) is 0 Å². The van der Waals surface area contributed by atoms with Crippen LogP contribution in [0.5, 0.6) is 0 Å². The van der Waals surface area contributed by atoms with Crippen LogP contribution < -0.4 is 0 Å². The Morgan fingerprint density at radius 2 is 1.35 bits per heavy atom. The molecule has 2 heterocycles. The van der Waals surface area contributed by atoms with Gasteiger partial charge in [0, 0.05) is 0 Å². The van der Waals surface area contributed by atoms with Crippen LogP contribution in [0.1, 0.15) is 6.92 Å². The van der Waals surface area contributed by atoms with Crippen LogP contribution in [0, 0.1) is 0 Å². The summed E-state index contributed by atoms with van der Waals surface area (Å²) in [6.07, 6.45) is -13.2. The second kappa shape index (κ2) is 7.66. The van der Waals surface area contributed by atoms with E-state index in [1.54, 1.807) is 0 Å². The Labute approximate surface area is 132 Å². The summed E-state index contributed by atoms with van der Waals surface area (Å²) in [5, 5.41) is 67.8. The van der Waals surface area contributed by atoms with E-state index in [2.05, 4.69) is 0 Å². The zero-order valence-electron chi connectivity index (χ0n) is 12.5. The van der Waals surface area contributed by atoms with Gasteiger partial charge in [-0.25, -0.2) is 0 Å². The summed E-state index contributed by atoms with van der Waals surface area (Å²) in [6, 6.07) is 0. The highest BCUT2D eigenvalue weighted by Gasteiger charge is 2.49. The SMILES string of the molecule is C[C@@H]1OC(CO)[C@@H](OC2OC(CO)[C@@H](O)[C@H](O)C2O)[C@H](O)C1O. The average Bonchev–Trinajstić information content (AvgIpc) is 2.55. The number of hydrogen-bond acceptors (Lipinski definition) is 10. The van der Waals surface area contributed by atoms with Crippen LogP contribution in [0.15, 0.2) is 0 Å². The van der Waals surface area contributed by atoms with E-state index in [0.717, 1.165) is 0 Å². The van der Waals surface area contributed by atoms with Crippen LogP contribution in [0.2, 0.25) is 0 Å². The van der Waals surface area contributed by atoms with Gasteiger partial charge in [0.05, 0.1) is 19.3 Å². The summed E-state index contributed by atoms with van der Waals surface area (Å²) in [5.74, 6) is 0. The molecular weight excluding hydrogens is 316 g/mol. The highest BCUT2D eigenvalue weighted by atomic mass is 16.7. The molecule has 0 aliphatic carbocycles. The maximum Gasteiger partial charge on any atom is 0.187 e. The zero-order chi connectivity index (χ0) is 17.3. The van der Waals surface area contributed by atoms with E-state index in [1.807, 2.05) is 0 Å². The van der Waals surface area contributed by atoms with Crippen LogP contribution in [0.3, 0.4) is 0 Å². The van der Waals surface area contributed by atoms with Gasteiger partial charge in [0.1, 0.15) is 48.8 Å². The van der Waals surface area contributed by atoms with Crippen molar-refractivity contribution < 1.29 is 50.0 Å². The van der Waals surface area contributed by atoms with Gasteiger partial charge < -0.3 is 50.0 Å². The van der Waals surface area contributed by atoms with Crippen molar-refractivity contribution in [1.82, 2.24) is 0 Å². The van der Waals surface area contributed by atoms with Crippen molar-refractivity contribution in [1.29, 1.82) is 0 Å². The minimum absolute atomic E-state index is 0.518. The van der Waals surface area contributed by atoms with Gasteiger partial charge in [-0.3, -0.25) is 0 Å². The maximum atomic E-state index is 10.1. The minimum atomic E-state index is -1.66. The molecule has 0 bridgehead atoms. The summed E-state index contributed by atoms with van der Waals surface area (Å²) in [4.78, 5) is 0. The van der Waals surface area contributed by atoms with Gasteiger partial charge in [-0.15, -0.1) is 0 Å². The molecule has 0 saturated carbocycles. The van der Waals surface area contributed by atoms with Gasteiger partial charge in [-0.2, -0.15) is 0 Å². The molecule has 2 aliphatic rings. The Bertz CT molecular complexity index is 378. The number of aliphatic hydroxyl groups excluding tert-OH is 7. The van der Waals surface area contributed by atoms with E-state index >= 15 is 0 Å². The molecule has 7 N–H and O–H groups in total. The molecule has 10 heteroatoms. The van der Waals surface area contributed by atoms with Crippen LogP contribution in [0.4, 0.5) is 0 Å². The molecule has 2 rings (SSSR count). The van der Waals surface area contributed by atoms with E-state index in [1.165, 1.54) is 6.92 Å². The summed E-state index contributed by atoms with van der Waals surface area (Å²) in [7, 11) is 0. The highest BCUT2D eigenvalue weighted by molar-refractivity contribution is 4.94. The number of hydrogen-bond donors (Lipinski definition) is 7. The third-order valence-corrected chi connectivity index (χ3v) is 4.24. The Kier molecular flexibility index (Phi) is 6.30. The van der Waals surface area contributed by atoms with E-state index in [4.69, 9.17) is 19.3 Å². The largest absolute Gasteiger partial charge is 0.394 e. The first kappa shape index (κ1) is 18.9. The first-order valence-corrected chi connectivity index (χ1v) is 7.40. The minimum Gasteiger partial charge on any atom is -0.394 e. The zero-order valence-corrected chi connectivity index (χ0v) is 12.5. The molecule has 10 atom stereocenters. The normalized spacial score (nSPS) is 51.7. The third kappa shape index (κ3) is 3.66. The fourth-order valence-electron chi connectivity index (χ4n) is 2.78. The standard InChI is InChI=1S/C13H24O10/c1-4-7(16)10(19)12(6(3-15)21-4)23-13-11(20)9(18)8(17)5(2-14)22-13/h4-20H,2-3H2,1H3/t4-,5?,6?,7?,8+,9-,10+,11?,12+,13?/m0/s1. The van der Waals surface area contributed by atoms with Crippen LogP contribution in [-0.4, -0.2) is 110 Å². The molecule has 2 fully saturated rings. The predicted molar refractivity (Wildman–Crippen MR) is 72.1 cm³/mol. The molecule has 2 aliphatic heterocycles. The molecule has 0 spiro atoms. The van der Waals surface area contributed by atoms with Crippen molar-refractivity contribution >= 4 is 0 Å². The molecule has 136 valence electrons. The van der Waals surface area contributed by atoms with Crippen molar-refractivity contribution in [3.63, 3.8) is 0 Å². The van der Waals surface area contributed by atoms with Gasteiger partial charge in [-0.05, 0) is 6.92 Å². The monoisotopic (exact) mass is 340 g/mol. The predicted octanol–water partition coefficient (Wildman–Crippen LogP) is -4.33. The van der Waals surface area contributed by atoms with E-state index in [0.29, 0.717) is 0 Å². The molecule has 5 unspecified atom stereocenters. The van der Waals surface area contributed by atoms with Gasteiger partial charge in [0.25, 0.3) is 0 Å². The van der Waals surface area contributed by atoms with Crippen LogP contribution >= 0.6 is 0 Å². The number of aliphatic hydroxyl groups is 7. The van der Waals surface area contributed by atoms with Gasteiger partial charge in [0.2, 0.25) is 0 Å². The fraction of sp³-hybridized carbons (Fsp3) is 1.00. The van der Waals surface area contributed by atoms with Crippen LogP contribution in [-0.2, 0) is 14.2 Å². The van der Waals surface area contributed by atoms with Gasteiger partial charge in [0.15, 0.2) is 6.29 Å². The quantitative estimate of drug-likeness (QED) is 0.265. The summed E-state index contributed by atoms with van der Waals surface area (Å²) < 4.78 is 15.9. The van der Waals surface area contributed by atoms with Crippen LogP contribution in [0.25, 0.3) is 0 Å². The number of rotatable bonds is 4. The molecule has 10 nitrogen and oxygen atoms in total. The lowest BCUT2D eigenvalue weighted by Crippen LogP contribution is -2.64. The molecular formula is C13H24O10. The molecule has 0 aromatic carbocycles. The van der Waals surface area contributed by atoms with Gasteiger partial charge >= 0.3 is 0 Å². The lowest BCUT2D eigenvalue weighted by atomic mass is 9.95. The van der Waals surface area contributed by atoms with Crippen molar-refractivity contribution in [2.75, 3.05) is 13.2 Å². The third-order valence-electron chi connectivity index (χ3n) is 4.24. The molecule has 0 radical (unpaired) electrons. The first-order chi connectivity index (χ1) is 10.8. The Balaban J connectivity index is 2.11. The molecule has 2 saturated heterocycles. The smallest absolute Gasteiger partial charge is 0.187 e. The second-order valence-corrected chi connectivity index (χ2v) is 5.84. The second-order valence-electron chi connectivity index (χ2n) is 5.84. The van der Waals surface area contributed by atoms with E-state index < -0.39 is 74.4 Å². The number of ether oxygens (including phenoxy) is 3. The lowest BCUT2D eigenvalue weighted by molar-refractivity contribution is -0.341. The topological polar surface area (TPSA) is 169 Å².